The highest BCUT2D eigenvalue weighted by Crippen LogP contribution is 2.11. The number of hydrogen-bond acceptors (Lipinski definition) is 4. The summed E-state index contributed by atoms with van der Waals surface area (Å²) in [4.78, 5) is 6.82. The third-order valence-electron chi connectivity index (χ3n) is 3.40. The van der Waals surface area contributed by atoms with E-state index in [9.17, 15) is 0 Å². The second kappa shape index (κ2) is 4.44. The van der Waals surface area contributed by atoms with Crippen molar-refractivity contribution in [2.24, 2.45) is 0 Å². The van der Waals surface area contributed by atoms with Crippen molar-refractivity contribution in [1.29, 1.82) is 0 Å². The van der Waals surface area contributed by atoms with Crippen molar-refractivity contribution in [2.75, 3.05) is 13.1 Å². The standard InChI is InChI=1S/C12H17N5S/c1-9-7-10(2)17-11(13-9)14-16(12(17)18)8-15-5-3-4-6-15/h7H,3-6,8H2,1-2H3. The van der Waals surface area contributed by atoms with E-state index in [1.165, 1.54) is 12.8 Å². The highest BCUT2D eigenvalue weighted by Gasteiger charge is 2.14. The third-order valence-corrected chi connectivity index (χ3v) is 3.80. The molecule has 0 spiro atoms. The topological polar surface area (TPSA) is 38.4 Å². The second-order valence-electron chi connectivity index (χ2n) is 4.92. The minimum Gasteiger partial charge on any atom is -0.284 e. The maximum atomic E-state index is 5.49. The van der Waals surface area contributed by atoms with Gasteiger partial charge in [-0.3, -0.25) is 9.30 Å². The van der Waals surface area contributed by atoms with Crippen molar-refractivity contribution in [1.82, 2.24) is 24.1 Å². The number of fused-ring (bicyclic) bond motifs is 1. The third kappa shape index (κ3) is 1.95. The average Bonchev–Trinajstić information content (AvgIpc) is 2.88. The number of rotatable bonds is 2. The summed E-state index contributed by atoms with van der Waals surface area (Å²) in [5.41, 5.74) is 2.07. The number of nitrogens with zero attached hydrogens (tertiary/aromatic N) is 5. The van der Waals surface area contributed by atoms with E-state index >= 15 is 0 Å². The van der Waals surface area contributed by atoms with Gasteiger partial charge in [-0.15, -0.1) is 5.10 Å². The van der Waals surface area contributed by atoms with Crippen LogP contribution < -0.4 is 0 Å². The van der Waals surface area contributed by atoms with Crippen LogP contribution in [0.1, 0.15) is 24.2 Å². The Morgan fingerprint density at radius 1 is 1.28 bits per heavy atom. The molecular formula is C12H17N5S. The van der Waals surface area contributed by atoms with Gasteiger partial charge in [0.25, 0.3) is 5.78 Å². The predicted octanol–water partition coefficient (Wildman–Crippen LogP) is 1.93. The predicted molar refractivity (Wildman–Crippen MR) is 72.1 cm³/mol. The van der Waals surface area contributed by atoms with Gasteiger partial charge in [-0.05, 0) is 58.1 Å². The van der Waals surface area contributed by atoms with Crippen molar-refractivity contribution in [3.05, 3.63) is 22.2 Å². The molecule has 0 aliphatic carbocycles. The molecule has 0 aromatic carbocycles. The summed E-state index contributed by atoms with van der Waals surface area (Å²) < 4.78 is 4.57. The molecule has 1 aliphatic heterocycles. The Morgan fingerprint density at radius 2 is 2.00 bits per heavy atom. The summed E-state index contributed by atoms with van der Waals surface area (Å²) in [5.74, 6) is 0.705. The molecule has 0 bridgehead atoms. The van der Waals surface area contributed by atoms with E-state index < -0.39 is 0 Å². The van der Waals surface area contributed by atoms with Crippen LogP contribution in [0.2, 0.25) is 0 Å². The fourth-order valence-corrected chi connectivity index (χ4v) is 2.86. The largest absolute Gasteiger partial charge is 0.284 e. The van der Waals surface area contributed by atoms with Crippen LogP contribution in [-0.2, 0) is 6.67 Å². The monoisotopic (exact) mass is 263 g/mol. The lowest BCUT2D eigenvalue weighted by molar-refractivity contribution is 0.253. The molecule has 96 valence electrons. The van der Waals surface area contributed by atoms with Crippen molar-refractivity contribution in [3.63, 3.8) is 0 Å². The number of hydrogen-bond donors (Lipinski definition) is 0. The number of aryl methyl sites for hydroxylation is 2. The lowest BCUT2D eigenvalue weighted by Crippen LogP contribution is -2.23. The summed E-state index contributed by atoms with van der Waals surface area (Å²) in [6.45, 7) is 7.08. The molecule has 1 fully saturated rings. The van der Waals surface area contributed by atoms with E-state index in [0.717, 1.165) is 35.9 Å². The van der Waals surface area contributed by atoms with E-state index in [0.29, 0.717) is 5.78 Å². The average molecular weight is 263 g/mol. The van der Waals surface area contributed by atoms with Crippen molar-refractivity contribution in [3.8, 4) is 0 Å². The van der Waals surface area contributed by atoms with Crippen LogP contribution in [0.15, 0.2) is 6.07 Å². The van der Waals surface area contributed by atoms with Crippen LogP contribution >= 0.6 is 12.2 Å². The Kier molecular flexibility index (Phi) is 2.91. The molecule has 0 unspecified atom stereocenters. The molecule has 18 heavy (non-hydrogen) atoms. The van der Waals surface area contributed by atoms with Gasteiger partial charge in [0.05, 0.1) is 6.67 Å². The summed E-state index contributed by atoms with van der Waals surface area (Å²) in [5, 5.41) is 4.52. The SMILES string of the molecule is Cc1cc(C)n2c(=S)n(CN3CCCC3)nc2n1. The van der Waals surface area contributed by atoms with Gasteiger partial charge in [0.2, 0.25) is 4.77 Å². The van der Waals surface area contributed by atoms with E-state index in [-0.39, 0.29) is 0 Å². The van der Waals surface area contributed by atoms with E-state index in [1.54, 1.807) is 0 Å². The zero-order valence-electron chi connectivity index (χ0n) is 10.8. The minimum absolute atomic E-state index is 0.705. The van der Waals surface area contributed by atoms with E-state index in [2.05, 4.69) is 15.0 Å². The summed E-state index contributed by atoms with van der Waals surface area (Å²) in [7, 11) is 0. The lowest BCUT2D eigenvalue weighted by Gasteiger charge is -2.13. The minimum atomic E-state index is 0.705. The number of aromatic nitrogens is 4. The van der Waals surface area contributed by atoms with Gasteiger partial charge < -0.3 is 0 Å². The normalized spacial score (nSPS) is 16.8. The molecule has 1 aliphatic rings. The van der Waals surface area contributed by atoms with E-state index in [4.69, 9.17) is 12.2 Å². The highest BCUT2D eigenvalue weighted by molar-refractivity contribution is 7.71. The first kappa shape index (κ1) is 11.8. The van der Waals surface area contributed by atoms with Crippen molar-refractivity contribution >= 4 is 18.0 Å². The molecule has 0 N–H and O–H groups in total. The molecule has 3 heterocycles. The fourth-order valence-electron chi connectivity index (χ4n) is 2.54. The van der Waals surface area contributed by atoms with Crippen molar-refractivity contribution in [2.45, 2.75) is 33.4 Å². The Hall–Kier alpha value is -1.27. The molecule has 6 heteroatoms. The zero-order valence-corrected chi connectivity index (χ0v) is 11.6. The van der Waals surface area contributed by atoms with Crippen LogP contribution in [0.3, 0.4) is 0 Å². The summed E-state index contributed by atoms with van der Waals surface area (Å²) >= 11 is 5.49. The lowest BCUT2D eigenvalue weighted by atomic mass is 10.3. The van der Waals surface area contributed by atoms with Gasteiger partial charge in [0.1, 0.15) is 0 Å². The molecule has 5 nitrogen and oxygen atoms in total. The molecule has 3 rings (SSSR count). The van der Waals surface area contributed by atoms with Crippen LogP contribution in [0.4, 0.5) is 0 Å². The molecule has 0 atom stereocenters. The zero-order chi connectivity index (χ0) is 12.7. The summed E-state index contributed by atoms with van der Waals surface area (Å²) in [6.07, 6.45) is 2.55. The second-order valence-corrected chi connectivity index (χ2v) is 5.29. The first-order valence-corrected chi connectivity index (χ1v) is 6.72. The van der Waals surface area contributed by atoms with Gasteiger partial charge in [-0.2, -0.15) is 0 Å². The fraction of sp³-hybridized carbons (Fsp3) is 0.583. The highest BCUT2D eigenvalue weighted by atomic mass is 32.1. The van der Waals surface area contributed by atoms with Crippen molar-refractivity contribution < 1.29 is 0 Å². The van der Waals surface area contributed by atoms with Crippen LogP contribution in [0, 0.1) is 18.6 Å². The van der Waals surface area contributed by atoms with Crippen LogP contribution in [0.5, 0.6) is 0 Å². The Balaban J connectivity index is 2.05. The molecule has 0 radical (unpaired) electrons. The van der Waals surface area contributed by atoms with Gasteiger partial charge >= 0.3 is 0 Å². The Labute approximate surface area is 111 Å². The van der Waals surface area contributed by atoms with Gasteiger partial charge in [-0.25, -0.2) is 9.67 Å². The van der Waals surface area contributed by atoms with Gasteiger partial charge in [-0.1, -0.05) is 0 Å². The quantitative estimate of drug-likeness (QED) is 0.776. The van der Waals surface area contributed by atoms with E-state index in [1.807, 2.05) is 29.0 Å². The number of likely N-dealkylation sites (tertiary alicyclic amines) is 1. The Morgan fingerprint density at radius 3 is 2.72 bits per heavy atom. The van der Waals surface area contributed by atoms with Gasteiger partial charge in [0.15, 0.2) is 0 Å². The summed E-state index contributed by atoms with van der Waals surface area (Å²) in [6, 6.07) is 2.03. The molecular weight excluding hydrogens is 246 g/mol. The van der Waals surface area contributed by atoms with Crippen LogP contribution in [-0.4, -0.2) is 37.2 Å². The molecule has 0 saturated carbocycles. The first-order chi connectivity index (χ1) is 8.65. The molecule has 0 amide bonds. The van der Waals surface area contributed by atoms with Gasteiger partial charge in [0, 0.05) is 11.4 Å². The molecule has 1 saturated heterocycles. The maximum Gasteiger partial charge on any atom is 0.254 e. The van der Waals surface area contributed by atoms with Crippen LogP contribution in [0.25, 0.3) is 5.78 Å². The molecule has 2 aromatic rings. The Bertz CT molecular complexity index is 636. The maximum absolute atomic E-state index is 5.49. The molecule has 2 aromatic heterocycles. The smallest absolute Gasteiger partial charge is 0.254 e. The first-order valence-electron chi connectivity index (χ1n) is 6.31.